The average Bonchev–Trinajstić information content (AvgIpc) is 3.33. The predicted octanol–water partition coefficient (Wildman–Crippen LogP) is 7.92. The molecular weight excluding hydrogens is 557 g/mol. The summed E-state index contributed by atoms with van der Waals surface area (Å²) in [4.78, 5) is 7.51. The predicted molar refractivity (Wildman–Crippen MR) is 161 cm³/mol. The number of hydrogen-bond donors (Lipinski definition) is 0. The van der Waals surface area contributed by atoms with Gasteiger partial charge in [-0.1, -0.05) is 82.9 Å². The van der Waals surface area contributed by atoms with Crippen LogP contribution in [0.25, 0.3) is 0 Å². The average molecular weight is 595 g/mol. The van der Waals surface area contributed by atoms with Gasteiger partial charge in [0.05, 0.1) is 10.6 Å². The first-order chi connectivity index (χ1) is 17.9. The number of benzene rings is 2. The Labute approximate surface area is 241 Å². The second-order valence-electron chi connectivity index (χ2n) is 10.9. The molecule has 2 heterocycles. The van der Waals surface area contributed by atoms with Gasteiger partial charge < -0.3 is 4.90 Å². The van der Waals surface area contributed by atoms with Crippen LogP contribution in [0.3, 0.4) is 0 Å². The van der Waals surface area contributed by atoms with Crippen LogP contribution in [0.2, 0.25) is 10.0 Å². The maximum atomic E-state index is 14.1. The van der Waals surface area contributed by atoms with Crippen LogP contribution in [0.15, 0.2) is 40.6 Å². The number of rotatable bonds is 8. The van der Waals surface area contributed by atoms with Gasteiger partial charge in [-0.25, -0.2) is 13.4 Å². The molecule has 1 aliphatic heterocycles. The lowest BCUT2D eigenvalue weighted by Crippen LogP contribution is -2.49. The highest BCUT2D eigenvalue weighted by Crippen LogP contribution is 2.37. The van der Waals surface area contributed by atoms with Crippen molar-refractivity contribution in [2.24, 2.45) is 0 Å². The normalized spacial score (nSPS) is 15.3. The van der Waals surface area contributed by atoms with Gasteiger partial charge in [-0.15, -0.1) is 11.3 Å². The number of nitrogens with zero attached hydrogens (tertiary/aromatic N) is 3. The molecule has 0 radical (unpaired) electrons. The van der Waals surface area contributed by atoms with Gasteiger partial charge in [0, 0.05) is 48.0 Å². The molecule has 1 fully saturated rings. The van der Waals surface area contributed by atoms with Gasteiger partial charge in [-0.2, -0.15) is 4.31 Å². The molecule has 206 valence electrons. The zero-order valence-electron chi connectivity index (χ0n) is 23.0. The highest BCUT2D eigenvalue weighted by Gasteiger charge is 2.34. The number of halogens is 2. The number of piperazine rings is 1. The largest absolute Gasteiger partial charge is 0.345 e. The summed E-state index contributed by atoms with van der Waals surface area (Å²) in [6.07, 6.45) is 0.628. The van der Waals surface area contributed by atoms with E-state index in [0.29, 0.717) is 53.5 Å². The van der Waals surface area contributed by atoms with Crippen LogP contribution < -0.4 is 4.90 Å². The van der Waals surface area contributed by atoms with E-state index in [0.717, 1.165) is 27.5 Å². The molecule has 4 rings (SSSR count). The molecule has 5 nitrogen and oxygen atoms in total. The topological polar surface area (TPSA) is 53.5 Å². The Bertz CT molecular complexity index is 1360. The van der Waals surface area contributed by atoms with Crippen molar-refractivity contribution in [3.8, 4) is 0 Å². The second kappa shape index (κ2) is 11.8. The molecule has 2 aromatic carbocycles. The highest BCUT2D eigenvalue weighted by molar-refractivity contribution is 7.89. The van der Waals surface area contributed by atoms with Gasteiger partial charge in [0.2, 0.25) is 10.0 Å². The number of sulfonamides is 1. The van der Waals surface area contributed by atoms with E-state index >= 15 is 0 Å². The van der Waals surface area contributed by atoms with Crippen molar-refractivity contribution in [1.29, 1.82) is 0 Å². The number of anilines is 1. The van der Waals surface area contributed by atoms with Crippen molar-refractivity contribution in [2.75, 3.05) is 31.1 Å². The minimum absolute atomic E-state index is 0.111. The van der Waals surface area contributed by atoms with E-state index in [1.165, 1.54) is 5.56 Å². The van der Waals surface area contributed by atoms with E-state index in [9.17, 15) is 8.42 Å². The van der Waals surface area contributed by atoms with Crippen LogP contribution in [0.5, 0.6) is 0 Å². The van der Waals surface area contributed by atoms with E-state index in [2.05, 4.69) is 58.6 Å². The van der Waals surface area contributed by atoms with Gasteiger partial charge in [0.15, 0.2) is 5.13 Å². The molecule has 1 saturated heterocycles. The third kappa shape index (κ3) is 6.23. The Morgan fingerprint density at radius 2 is 1.50 bits per heavy atom. The Balaban J connectivity index is 1.53. The zero-order valence-corrected chi connectivity index (χ0v) is 26.1. The fourth-order valence-corrected chi connectivity index (χ4v) is 8.26. The first-order valence-electron chi connectivity index (χ1n) is 13.2. The van der Waals surface area contributed by atoms with Gasteiger partial charge in [-0.05, 0) is 52.1 Å². The maximum Gasteiger partial charge on any atom is 0.243 e. The Morgan fingerprint density at radius 1 is 0.895 bits per heavy atom. The van der Waals surface area contributed by atoms with Crippen molar-refractivity contribution in [3.05, 3.63) is 73.7 Å². The summed E-state index contributed by atoms with van der Waals surface area (Å²) in [7, 11) is -3.64. The van der Waals surface area contributed by atoms with Crippen LogP contribution in [0.1, 0.15) is 87.2 Å². The van der Waals surface area contributed by atoms with Gasteiger partial charge in [0.25, 0.3) is 0 Å². The summed E-state index contributed by atoms with van der Waals surface area (Å²) in [5.41, 5.74) is 4.97. The van der Waals surface area contributed by atoms with Crippen molar-refractivity contribution >= 4 is 49.7 Å². The molecule has 0 aliphatic carbocycles. The van der Waals surface area contributed by atoms with E-state index in [-0.39, 0.29) is 11.8 Å². The van der Waals surface area contributed by atoms with E-state index in [1.54, 1.807) is 21.7 Å². The third-order valence-corrected chi connectivity index (χ3v) is 10.7. The Morgan fingerprint density at radius 3 is 2.03 bits per heavy atom. The summed E-state index contributed by atoms with van der Waals surface area (Å²) < 4.78 is 29.9. The Hall–Kier alpha value is -1.64. The van der Waals surface area contributed by atoms with Crippen molar-refractivity contribution in [3.63, 3.8) is 0 Å². The fraction of sp³-hybridized carbons (Fsp3) is 0.483. The molecule has 0 spiro atoms. The minimum atomic E-state index is -3.64. The molecule has 3 aromatic rings. The molecule has 0 bridgehead atoms. The quantitative estimate of drug-likeness (QED) is 0.266. The maximum absolute atomic E-state index is 14.1. The molecule has 0 atom stereocenters. The van der Waals surface area contributed by atoms with Crippen LogP contribution in [-0.4, -0.2) is 43.9 Å². The minimum Gasteiger partial charge on any atom is -0.345 e. The van der Waals surface area contributed by atoms with Crippen molar-refractivity contribution in [2.45, 2.75) is 70.6 Å². The number of hydrogen-bond acceptors (Lipinski definition) is 5. The van der Waals surface area contributed by atoms with Crippen molar-refractivity contribution in [1.82, 2.24) is 9.29 Å². The molecule has 0 saturated carbocycles. The smallest absolute Gasteiger partial charge is 0.243 e. The molecule has 38 heavy (non-hydrogen) atoms. The van der Waals surface area contributed by atoms with E-state index in [4.69, 9.17) is 28.2 Å². The van der Waals surface area contributed by atoms with Crippen LogP contribution in [0, 0.1) is 0 Å². The lowest BCUT2D eigenvalue weighted by Gasteiger charge is -2.35. The number of thiazole rings is 1. The number of aromatic nitrogens is 1. The van der Waals surface area contributed by atoms with Crippen LogP contribution in [-0.2, 0) is 16.4 Å². The molecule has 9 heteroatoms. The molecular formula is C29H37Cl2N3O2S2. The lowest BCUT2D eigenvalue weighted by molar-refractivity contribution is 0.383. The van der Waals surface area contributed by atoms with Crippen LogP contribution in [0.4, 0.5) is 5.13 Å². The first-order valence-corrected chi connectivity index (χ1v) is 16.3. The second-order valence-corrected chi connectivity index (χ2v) is 14.5. The fourth-order valence-electron chi connectivity index (χ4n) is 4.82. The van der Waals surface area contributed by atoms with Crippen LogP contribution >= 0.6 is 34.5 Å². The van der Waals surface area contributed by atoms with Gasteiger partial charge in [-0.3, -0.25) is 0 Å². The molecule has 1 aromatic heterocycles. The monoisotopic (exact) mass is 593 g/mol. The first kappa shape index (κ1) is 29.3. The molecule has 0 N–H and O–H groups in total. The van der Waals surface area contributed by atoms with Gasteiger partial charge >= 0.3 is 0 Å². The standard InChI is InChI=1S/C29H37Cl2N3O2S2/c1-18(2)22-14-25(19(3)4)28(26(15-22)20(5)6)38(35,36)34-11-9-33(10-12-34)29-32-24(17-37-29)13-21-7-8-23(30)16-27(21)31/h7-8,14-20H,9-13H2,1-6H3. The SMILES string of the molecule is CC(C)c1cc(C(C)C)c(S(=O)(=O)N2CCN(c3nc(Cc4ccc(Cl)cc4Cl)cs3)CC2)c(C(C)C)c1. The Kier molecular flexibility index (Phi) is 9.15. The van der Waals surface area contributed by atoms with Crippen molar-refractivity contribution < 1.29 is 8.42 Å². The summed E-state index contributed by atoms with van der Waals surface area (Å²) in [6.45, 7) is 14.7. The third-order valence-electron chi connectivity index (χ3n) is 7.11. The summed E-state index contributed by atoms with van der Waals surface area (Å²) in [6, 6.07) is 9.72. The molecule has 0 amide bonds. The summed E-state index contributed by atoms with van der Waals surface area (Å²) >= 11 is 14.0. The summed E-state index contributed by atoms with van der Waals surface area (Å²) in [5.74, 6) is 0.560. The van der Waals surface area contributed by atoms with Gasteiger partial charge in [0.1, 0.15) is 0 Å². The zero-order chi connectivity index (χ0) is 27.8. The highest BCUT2D eigenvalue weighted by atomic mass is 35.5. The lowest BCUT2D eigenvalue weighted by atomic mass is 9.89. The van der Waals surface area contributed by atoms with E-state index < -0.39 is 10.0 Å². The van der Waals surface area contributed by atoms with E-state index in [1.807, 2.05) is 17.5 Å². The molecule has 0 unspecified atom stereocenters. The molecule has 1 aliphatic rings. The summed E-state index contributed by atoms with van der Waals surface area (Å²) in [5, 5.41) is 4.20.